The number of hydrogen-bond acceptors (Lipinski definition) is 3. The quantitative estimate of drug-likeness (QED) is 0.833. The van der Waals surface area contributed by atoms with Crippen LogP contribution in [0.2, 0.25) is 0 Å². The molecule has 0 aromatic heterocycles. The lowest BCUT2D eigenvalue weighted by Crippen LogP contribution is -2.44. The Labute approximate surface area is 117 Å². The van der Waals surface area contributed by atoms with Crippen molar-refractivity contribution in [3.63, 3.8) is 0 Å². The van der Waals surface area contributed by atoms with Crippen molar-refractivity contribution in [2.75, 3.05) is 25.2 Å². The number of hydrogen-bond donors (Lipinski definition) is 1. The fraction of sp³-hybridized carbons (Fsp3) is 0.333. The lowest BCUT2D eigenvalue weighted by Gasteiger charge is -2.17. The molecule has 2 aliphatic heterocycles. The van der Waals surface area contributed by atoms with E-state index in [2.05, 4.69) is 5.32 Å². The maximum absolute atomic E-state index is 12.6. The summed E-state index contributed by atoms with van der Waals surface area (Å²) in [7, 11) is 1.69. The van der Waals surface area contributed by atoms with E-state index in [1.165, 1.54) is 4.90 Å². The lowest BCUT2D eigenvalue weighted by molar-refractivity contribution is -0.131. The zero-order valence-electron chi connectivity index (χ0n) is 11.5. The molecule has 2 amide bonds. The number of anilines is 1. The molecule has 0 bridgehead atoms. The number of ether oxygens (including phenoxy) is 1. The first-order valence-electron chi connectivity index (χ1n) is 6.60. The van der Waals surface area contributed by atoms with Crippen LogP contribution >= 0.6 is 0 Å². The summed E-state index contributed by atoms with van der Waals surface area (Å²) in [5.74, 6) is -0.517. The Hall–Kier alpha value is -2.14. The molecular weight excluding hydrogens is 256 g/mol. The van der Waals surface area contributed by atoms with Crippen molar-refractivity contribution in [1.29, 1.82) is 0 Å². The fourth-order valence-corrected chi connectivity index (χ4v) is 2.84. The van der Waals surface area contributed by atoms with E-state index in [-0.39, 0.29) is 11.8 Å². The monoisotopic (exact) mass is 272 g/mol. The highest BCUT2D eigenvalue weighted by Crippen LogP contribution is 2.44. The van der Waals surface area contributed by atoms with Gasteiger partial charge in [0, 0.05) is 30.6 Å². The summed E-state index contributed by atoms with van der Waals surface area (Å²) in [6.07, 6.45) is 1.70. The van der Waals surface area contributed by atoms with E-state index in [1.807, 2.05) is 31.2 Å². The van der Waals surface area contributed by atoms with Crippen LogP contribution in [0.5, 0.6) is 0 Å². The summed E-state index contributed by atoms with van der Waals surface area (Å²) in [6.45, 7) is 2.75. The molecule has 1 unspecified atom stereocenters. The van der Waals surface area contributed by atoms with Gasteiger partial charge in [-0.25, -0.2) is 0 Å². The first-order valence-corrected chi connectivity index (χ1v) is 6.60. The van der Waals surface area contributed by atoms with Gasteiger partial charge in [-0.1, -0.05) is 18.2 Å². The minimum atomic E-state index is -1.22. The summed E-state index contributed by atoms with van der Waals surface area (Å²) >= 11 is 0. The van der Waals surface area contributed by atoms with Gasteiger partial charge in [-0.15, -0.1) is 0 Å². The van der Waals surface area contributed by atoms with Crippen molar-refractivity contribution < 1.29 is 14.3 Å². The number of carbonyl (C=O) groups excluding carboxylic acids is 2. The number of rotatable bonds is 3. The van der Waals surface area contributed by atoms with Gasteiger partial charge in [-0.2, -0.15) is 0 Å². The number of likely N-dealkylation sites (N-methyl/N-ethyl adjacent to an activating group) is 1. The second-order valence-electron chi connectivity index (χ2n) is 4.95. The van der Waals surface area contributed by atoms with Gasteiger partial charge in [0.2, 0.25) is 5.91 Å². The van der Waals surface area contributed by atoms with Gasteiger partial charge in [0.05, 0.1) is 6.61 Å². The molecule has 1 aromatic carbocycles. The number of fused-ring (bicyclic) bond motifs is 2. The van der Waals surface area contributed by atoms with Crippen molar-refractivity contribution in [2.24, 2.45) is 0 Å². The maximum atomic E-state index is 12.6. The number of nitrogens with one attached hydrogen (secondary N) is 1. The molecule has 2 aliphatic rings. The zero-order chi connectivity index (χ0) is 14.3. The van der Waals surface area contributed by atoms with Crippen molar-refractivity contribution in [3.05, 3.63) is 41.6 Å². The van der Waals surface area contributed by atoms with Crippen LogP contribution in [0.15, 0.2) is 36.0 Å². The molecule has 5 nitrogen and oxygen atoms in total. The molecule has 1 aromatic rings. The Morgan fingerprint density at radius 2 is 2.05 bits per heavy atom. The molecular formula is C15H16N2O3. The number of para-hydroxylation sites is 1. The smallest absolute Gasteiger partial charge is 0.251 e. The van der Waals surface area contributed by atoms with Crippen molar-refractivity contribution in [1.82, 2.24) is 5.32 Å². The minimum absolute atomic E-state index is 0.220. The van der Waals surface area contributed by atoms with E-state index in [9.17, 15) is 9.59 Å². The number of amides is 2. The average Bonchev–Trinajstić information content (AvgIpc) is 2.90. The van der Waals surface area contributed by atoms with Crippen LogP contribution in [0, 0.1) is 0 Å². The van der Waals surface area contributed by atoms with E-state index in [0.29, 0.717) is 18.9 Å². The third-order valence-electron chi connectivity index (χ3n) is 3.82. The highest BCUT2D eigenvalue weighted by atomic mass is 16.5. The van der Waals surface area contributed by atoms with Crippen LogP contribution in [0.4, 0.5) is 5.69 Å². The second-order valence-corrected chi connectivity index (χ2v) is 4.95. The van der Waals surface area contributed by atoms with Gasteiger partial charge < -0.3 is 15.0 Å². The van der Waals surface area contributed by atoms with Gasteiger partial charge in [-0.05, 0) is 19.1 Å². The zero-order valence-corrected chi connectivity index (χ0v) is 11.5. The summed E-state index contributed by atoms with van der Waals surface area (Å²) in [5.41, 5.74) is 0.936. The summed E-state index contributed by atoms with van der Waals surface area (Å²) in [4.78, 5) is 26.6. The minimum Gasteiger partial charge on any atom is -0.376 e. The maximum Gasteiger partial charge on any atom is 0.251 e. The Morgan fingerprint density at radius 1 is 1.30 bits per heavy atom. The lowest BCUT2D eigenvalue weighted by atomic mass is 9.82. The summed E-state index contributed by atoms with van der Waals surface area (Å²) in [6, 6.07) is 7.38. The van der Waals surface area contributed by atoms with Crippen LogP contribution in [-0.4, -0.2) is 32.1 Å². The fourth-order valence-electron chi connectivity index (χ4n) is 2.84. The normalized spacial score (nSPS) is 24.1. The van der Waals surface area contributed by atoms with Gasteiger partial charge in [-0.3, -0.25) is 9.59 Å². The molecule has 0 aliphatic carbocycles. The van der Waals surface area contributed by atoms with E-state index in [1.54, 1.807) is 13.1 Å². The molecule has 0 saturated heterocycles. The molecule has 20 heavy (non-hydrogen) atoms. The van der Waals surface area contributed by atoms with Crippen molar-refractivity contribution in [2.45, 2.75) is 12.3 Å². The molecule has 1 spiro atoms. The standard InChI is InChI=1S/C15H16N2O3/c1-3-20-9-10-8-15(13(18)16-10)11-6-4-5-7-12(11)17(2)14(15)19/h4-8H,3,9H2,1-2H3,(H,16,18). The Bertz CT molecular complexity index is 623. The number of carbonyl (C=O) groups is 2. The molecule has 104 valence electrons. The van der Waals surface area contributed by atoms with Gasteiger partial charge in [0.25, 0.3) is 5.91 Å². The molecule has 0 radical (unpaired) electrons. The predicted octanol–water partition coefficient (Wildman–Crippen LogP) is 0.951. The molecule has 1 atom stereocenters. The van der Waals surface area contributed by atoms with Gasteiger partial charge >= 0.3 is 0 Å². The number of benzene rings is 1. The van der Waals surface area contributed by atoms with E-state index >= 15 is 0 Å². The van der Waals surface area contributed by atoms with E-state index in [0.717, 1.165) is 11.3 Å². The first-order chi connectivity index (χ1) is 9.61. The molecule has 0 saturated carbocycles. The first kappa shape index (κ1) is 12.9. The second kappa shape index (κ2) is 4.45. The van der Waals surface area contributed by atoms with Crippen LogP contribution in [0.3, 0.4) is 0 Å². The SMILES string of the molecule is CCOCC1=CC2(C(=O)N1)C(=O)N(C)c1ccccc12. The van der Waals surface area contributed by atoms with Crippen molar-refractivity contribution in [3.8, 4) is 0 Å². The molecule has 5 heteroatoms. The average molecular weight is 272 g/mol. The Kier molecular flexibility index (Phi) is 2.87. The highest BCUT2D eigenvalue weighted by molar-refractivity contribution is 6.24. The van der Waals surface area contributed by atoms with Gasteiger partial charge in [0.1, 0.15) is 0 Å². The van der Waals surface area contributed by atoms with Crippen LogP contribution in [0.25, 0.3) is 0 Å². The third kappa shape index (κ3) is 1.53. The molecule has 3 rings (SSSR count). The highest BCUT2D eigenvalue weighted by Gasteiger charge is 2.56. The van der Waals surface area contributed by atoms with Gasteiger partial charge in [0.15, 0.2) is 5.41 Å². The van der Waals surface area contributed by atoms with Crippen LogP contribution < -0.4 is 10.2 Å². The molecule has 2 heterocycles. The third-order valence-corrected chi connectivity index (χ3v) is 3.82. The number of nitrogens with zero attached hydrogens (tertiary/aromatic N) is 1. The Balaban J connectivity index is 2.10. The van der Waals surface area contributed by atoms with Crippen LogP contribution in [0.1, 0.15) is 12.5 Å². The van der Waals surface area contributed by atoms with Crippen LogP contribution in [-0.2, 0) is 19.7 Å². The molecule has 1 N–H and O–H groups in total. The molecule has 0 fully saturated rings. The van der Waals surface area contributed by atoms with E-state index < -0.39 is 5.41 Å². The summed E-state index contributed by atoms with van der Waals surface area (Å²) < 4.78 is 5.31. The topological polar surface area (TPSA) is 58.6 Å². The summed E-state index contributed by atoms with van der Waals surface area (Å²) in [5, 5.41) is 2.76. The van der Waals surface area contributed by atoms with Crippen molar-refractivity contribution >= 4 is 17.5 Å². The largest absolute Gasteiger partial charge is 0.376 e. The Morgan fingerprint density at radius 3 is 2.80 bits per heavy atom. The predicted molar refractivity (Wildman–Crippen MR) is 74.2 cm³/mol. The van der Waals surface area contributed by atoms with E-state index in [4.69, 9.17) is 4.74 Å².